The number of carbonyl (C=O) groups is 1. The van der Waals surface area contributed by atoms with Crippen LogP contribution in [0.3, 0.4) is 0 Å². The summed E-state index contributed by atoms with van der Waals surface area (Å²) in [5.74, 6) is 0.827. The molecule has 0 saturated heterocycles. The molecule has 1 heterocycles. The molecule has 9 nitrogen and oxygen atoms in total. The maximum Gasteiger partial charge on any atom is 0.266 e. The fraction of sp³-hybridized carbons (Fsp3) is 0.333. The van der Waals surface area contributed by atoms with E-state index in [1.165, 1.54) is 0 Å². The second-order valence-electron chi connectivity index (χ2n) is 11.0. The van der Waals surface area contributed by atoms with Gasteiger partial charge >= 0.3 is 0 Å². The third kappa shape index (κ3) is 5.97. The van der Waals surface area contributed by atoms with E-state index in [2.05, 4.69) is 4.98 Å². The number of fused-ring (bicyclic) bond motifs is 1. The number of rotatable bonds is 12. The van der Waals surface area contributed by atoms with Crippen LogP contribution in [0.4, 0.5) is 5.82 Å². The molecular formula is C33H37N3O6S. The number of nitrogens with two attached hydrogens (primary N) is 2. The van der Waals surface area contributed by atoms with E-state index in [-0.39, 0.29) is 17.4 Å². The highest BCUT2D eigenvalue weighted by Crippen LogP contribution is 2.41. The molecule has 3 aromatic carbocycles. The number of anilines is 1. The van der Waals surface area contributed by atoms with Gasteiger partial charge in [0.15, 0.2) is 21.3 Å². The fourth-order valence-electron chi connectivity index (χ4n) is 5.36. The summed E-state index contributed by atoms with van der Waals surface area (Å²) < 4.78 is 45.7. The average molecular weight is 604 g/mol. The molecule has 1 aromatic heterocycles. The van der Waals surface area contributed by atoms with Gasteiger partial charge in [0, 0.05) is 23.6 Å². The minimum Gasteiger partial charge on any atom is -0.490 e. The Kier molecular flexibility index (Phi) is 8.50. The van der Waals surface area contributed by atoms with E-state index < -0.39 is 26.6 Å². The summed E-state index contributed by atoms with van der Waals surface area (Å²) in [6, 6.07) is 18.8. The van der Waals surface area contributed by atoms with Gasteiger partial charge in [-0.25, -0.2) is 13.4 Å². The fourth-order valence-corrected chi connectivity index (χ4v) is 7.44. The number of nitrogen functional groups attached to an aromatic ring is 1. The number of ether oxygens (including phenoxy) is 3. The van der Waals surface area contributed by atoms with Gasteiger partial charge < -0.3 is 25.7 Å². The first kappa shape index (κ1) is 30.2. The van der Waals surface area contributed by atoms with Crippen molar-refractivity contribution < 1.29 is 27.4 Å². The van der Waals surface area contributed by atoms with E-state index in [9.17, 15) is 13.2 Å². The van der Waals surface area contributed by atoms with E-state index in [1.54, 1.807) is 72.9 Å². The van der Waals surface area contributed by atoms with Crippen molar-refractivity contribution in [1.82, 2.24) is 4.98 Å². The molecule has 1 saturated carbocycles. The number of hydrogen-bond acceptors (Lipinski definition) is 8. The smallest absolute Gasteiger partial charge is 0.266 e. The lowest BCUT2D eigenvalue weighted by Gasteiger charge is -2.34. The lowest BCUT2D eigenvalue weighted by molar-refractivity contribution is -0.134. The van der Waals surface area contributed by atoms with Crippen molar-refractivity contribution in [1.29, 1.82) is 0 Å². The molecule has 5 rings (SSSR count). The predicted octanol–water partition coefficient (Wildman–Crippen LogP) is 5.33. The predicted molar refractivity (Wildman–Crippen MR) is 166 cm³/mol. The molecule has 10 heteroatoms. The summed E-state index contributed by atoms with van der Waals surface area (Å²) in [4.78, 5) is 18.0. The molecule has 0 spiro atoms. The summed E-state index contributed by atoms with van der Waals surface area (Å²) in [7, 11) is -3.63. The van der Waals surface area contributed by atoms with E-state index in [0.717, 1.165) is 17.2 Å². The Labute approximate surface area is 252 Å². The number of pyridine rings is 1. The topological polar surface area (TPSA) is 144 Å². The van der Waals surface area contributed by atoms with Crippen LogP contribution in [0.5, 0.6) is 17.2 Å². The Morgan fingerprint density at radius 3 is 2.49 bits per heavy atom. The Morgan fingerprint density at radius 2 is 1.81 bits per heavy atom. The second-order valence-corrected chi connectivity index (χ2v) is 13.2. The lowest BCUT2D eigenvalue weighted by atomic mass is 9.85. The van der Waals surface area contributed by atoms with E-state index >= 15 is 0 Å². The summed E-state index contributed by atoms with van der Waals surface area (Å²) in [5, 5.41) is 1.03. The van der Waals surface area contributed by atoms with Crippen molar-refractivity contribution in [2.75, 3.05) is 12.3 Å². The van der Waals surface area contributed by atoms with Crippen molar-refractivity contribution in [2.45, 2.75) is 68.3 Å². The van der Waals surface area contributed by atoms with Crippen LogP contribution in [0.15, 0.2) is 77.8 Å². The lowest BCUT2D eigenvalue weighted by Crippen LogP contribution is -2.48. The van der Waals surface area contributed by atoms with Crippen molar-refractivity contribution >= 4 is 32.3 Å². The molecule has 0 bridgehead atoms. The van der Waals surface area contributed by atoms with Crippen LogP contribution in [0.25, 0.3) is 10.8 Å². The van der Waals surface area contributed by atoms with E-state index in [1.807, 2.05) is 20.8 Å². The van der Waals surface area contributed by atoms with Crippen LogP contribution in [0, 0.1) is 0 Å². The number of hydrogen-bond donors (Lipinski definition) is 2. The van der Waals surface area contributed by atoms with Gasteiger partial charge in [-0.15, -0.1) is 0 Å². The van der Waals surface area contributed by atoms with Crippen LogP contribution >= 0.6 is 0 Å². The summed E-state index contributed by atoms with van der Waals surface area (Å²) in [6.45, 7) is 6.01. The molecule has 4 aromatic rings. The highest BCUT2D eigenvalue weighted by atomic mass is 32.2. The molecule has 1 amide bonds. The van der Waals surface area contributed by atoms with Gasteiger partial charge in [-0.3, -0.25) is 4.79 Å². The van der Waals surface area contributed by atoms with Crippen LogP contribution in [-0.2, 0) is 26.7 Å². The maximum atomic E-state index is 13.7. The first-order chi connectivity index (χ1) is 20.5. The molecule has 4 N–H and O–H groups in total. The molecule has 1 unspecified atom stereocenters. The molecular weight excluding hydrogens is 566 g/mol. The number of amides is 1. The van der Waals surface area contributed by atoms with Gasteiger partial charge in [-0.1, -0.05) is 30.7 Å². The van der Waals surface area contributed by atoms with Gasteiger partial charge in [0.1, 0.15) is 11.6 Å². The quantitative estimate of drug-likeness (QED) is 0.221. The largest absolute Gasteiger partial charge is 0.490 e. The first-order valence-electron chi connectivity index (χ1n) is 14.4. The first-order valence-corrected chi connectivity index (χ1v) is 16.0. The molecule has 1 fully saturated rings. The van der Waals surface area contributed by atoms with Crippen molar-refractivity contribution in [3.8, 4) is 17.2 Å². The summed E-state index contributed by atoms with van der Waals surface area (Å²) >= 11 is 0. The molecule has 43 heavy (non-hydrogen) atoms. The Hall–Kier alpha value is -4.31. The van der Waals surface area contributed by atoms with Crippen molar-refractivity contribution in [3.63, 3.8) is 0 Å². The summed E-state index contributed by atoms with van der Waals surface area (Å²) in [6.07, 6.45) is 3.41. The van der Waals surface area contributed by atoms with Gasteiger partial charge in [-0.2, -0.15) is 0 Å². The molecule has 1 atom stereocenters. The Bertz CT molecular complexity index is 1750. The van der Waals surface area contributed by atoms with Crippen LogP contribution in [-0.4, -0.2) is 37.3 Å². The number of nitrogens with zero attached hydrogens (tertiary/aromatic N) is 1. The third-order valence-corrected chi connectivity index (χ3v) is 10.1. The average Bonchev–Trinajstić information content (AvgIpc) is 2.92. The number of aromatic nitrogens is 1. The van der Waals surface area contributed by atoms with Gasteiger partial charge in [0.05, 0.1) is 22.9 Å². The molecule has 226 valence electrons. The highest BCUT2D eigenvalue weighted by molar-refractivity contribution is 7.92. The Morgan fingerprint density at radius 1 is 1.05 bits per heavy atom. The Balaban J connectivity index is 1.69. The van der Waals surface area contributed by atoms with E-state index in [4.69, 9.17) is 25.7 Å². The minimum atomic E-state index is -3.63. The molecule has 0 aliphatic heterocycles. The maximum absolute atomic E-state index is 13.7. The van der Waals surface area contributed by atoms with Gasteiger partial charge in [0.2, 0.25) is 5.60 Å². The second kappa shape index (κ2) is 12.1. The zero-order valence-corrected chi connectivity index (χ0v) is 25.4. The molecule has 0 radical (unpaired) electrons. The number of sulfone groups is 1. The number of benzene rings is 3. The molecule has 1 aliphatic carbocycles. The normalized spacial score (nSPS) is 15.1. The zero-order chi connectivity index (χ0) is 30.8. The third-order valence-electron chi connectivity index (χ3n) is 7.74. The summed E-state index contributed by atoms with van der Waals surface area (Å²) in [5.41, 5.74) is 11.3. The highest BCUT2D eigenvalue weighted by Gasteiger charge is 2.44. The SMILES string of the molecule is CCOc1cc(C(Cc2ccccc2S(=O)(=O)C2CCC2)(Oc2ccc3c(N)nccc3c2)C(N)=O)ccc1OC(C)C. The monoisotopic (exact) mass is 603 g/mol. The van der Waals surface area contributed by atoms with Gasteiger partial charge in [0.25, 0.3) is 5.91 Å². The van der Waals surface area contributed by atoms with Crippen LogP contribution < -0.4 is 25.7 Å². The van der Waals surface area contributed by atoms with Crippen LogP contribution in [0.1, 0.15) is 51.2 Å². The van der Waals surface area contributed by atoms with E-state index in [0.29, 0.717) is 53.6 Å². The number of primary amides is 1. The van der Waals surface area contributed by atoms with Crippen molar-refractivity contribution in [3.05, 3.63) is 84.1 Å². The number of carbonyl (C=O) groups excluding carboxylic acids is 1. The van der Waals surface area contributed by atoms with Gasteiger partial charge in [-0.05, 0) is 87.0 Å². The van der Waals surface area contributed by atoms with Crippen molar-refractivity contribution in [2.24, 2.45) is 5.73 Å². The minimum absolute atomic E-state index is 0.120. The zero-order valence-electron chi connectivity index (χ0n) is 24.6. The van der Waals surface area contributed by atoms with Crippen LogP contribution in [0.2, 0.25) is 0 Å². The molecule has 1 aliphatic rings. The standard InChI is InChI=1S/C33H37N3O6S/c1-4-40-29-19-24(12-15-28(29)41-21(2)3)33(32(35)37,42-25-13-14-27-22(18-25)16-17-36-31(27)34)20-23-8-5-6-11-30(23)43(38,39)26-9-7-10-26/h5-6,8,11-19,21,26H,4,7,9-10,20H2,1-3H3,(H2,34,36)(H2,35,37).